The molecule has 0 N–H and O–H groups in total. The summed E-state index contributed by atoms with van der Waals surface area (Å²) in [7, 11) is 1.91. The molecule has 1 aliphatic heterocycles. The molecule has 23 heavy (non-hydrogen) atoms. The zero-order valence-corrected chi connectivity index (χ0v) is 12.5. The number of imidazole rings is 1. The summed E-state index contributed by atoms with van der Waals surface area (Å²) in [5.74, 6) is 2.07. The normalized spacial score (nSPS) is 13.3. The number of para-hydroxylation sites is 2. The molecule has 0 radical (unpaired) electrons. The lowest BCUT2D eigenvalue weighted by Crippen LogP contribution is -1.96. The largest absolute Gasteiger partial charge is 0.454 e. The van der Waals surface area contributed by atoms with Gasteiger partial charge in [-0.1, -0.05) is 18.2 Å². The highest BCUT2D eigenvalue weighted by atomic mass is 16.7. The number of fused-ring (bicyclic) bond motifs is 2. The Kier molecular flexibility index (Phi) is 3.02. The number of hydrogen-bond donors (Lipinski definition) is 0. The van der Waals surface area contributed by atoms with Gasteiger partial charge in [0.05, 0.1) is 16.6 Å². The second-order valence-corrected chi connectivity index (χ2v) is 5.27. The molecule has 1 aliphatic rings. The van der Waals surface area contributed by atoms with Crippen molar-refractivity contribution in [3.8, 4) is 17.6 Å². The molecular formula is C18H13N3O2. The minimum absolute atomic E-state index is 0.234. The van der Waals surface area contributed by atoms with Crippen molar-refractivity contribution >= 4 is 22.7 Å². The Morgan fingerprint density at radius 3 is 2.87 bits per heavy atom. The Morgan fingerprint density at radius 2 is 2.04 bits per heavy atom. The molecule has 0 atom stereocenters. The van der Waals surface area contributed by atoms with E-state index in [1.165, 1.54) is 0 Å². The van der Waals surface area contributed by atoms with Crippen molar-refractivity contribution < 1.29 is 9.47 Å². The molecule has 2 heterocycles. The van der Waals surface area contributed by atoms with Gasteiger partial charge < -0.3 is 14.0 Å². The molecule has 2 aromatic carbocycles. The molecule has 5 nitrogen and oxygen atoms in total. The van der Waals surface area contributed by atoms with Gasteiger partial charge in [0, 0.05) is 7.05 Å². The van der Waals surface area contributed by atoms with Gasteiger partial charge in [0.2, 0.25) is 6.79 Å². The predicted molar refractivity (Wildman–Crippen MR) is 86.8 cm³/mol. The number of nitrogens with zero attached hydrogens (tertiary/aromatic N) is 3. The molecule has 0 saturated carbocycles. The van der Waals surface area contributed by atoms with Crippen molar-refractivity contribution in [1.82, 2.24) is 9.55 Å². The highest BCUT2D eigenvalue weighted by Crippen LogP contribution is 2.33. The van der Waals surface area contributed by atoms with Crippen LogP contribution in [0, 0.1) is 11.3 Å². The fourth-order valence-electron chi connectivity index (χ4n) is 2.70. The quantitative estimate of drug-likeness (QED) is 0.681. The van der Waals surface area contributed by atoms with E-state index in [9.17, 15) is 5.26 Å². The number of hydrogen-bond acceptors (Lipinski definition) is 4. The smallest absolute Gasteiger partial charge is 0.231 e. The highest BCUT2D eigenvalue weighted by Gasteiger charge is 2.15. The SMILES string of the molecule is Cn1c(/C(C#N)=C/c2ccc3c(c2)OCO3)nc2ccccc21. The van der Waals surface area contributed by atoms with Gasteiger partial charge in [-0.25, -0.2) is 4.98 Å². The Hall–Kier alpha value is -3.26. The number of benzene rings is 2. The molecule has 0 amide bonds. The van der Waals surface area contributed by atoms with Crippen LogP contribution in [-0.2, 0) is 7.05 Å². The van der Waals surface area contributed by atoms with Crippen LogP contribution in [0.15, 0.2) is 42.5 Å². The third kappa shape index (κ3) is 2.21. The maximum atomic E-state index is 9.56. The van der Waals surface area contributed by atoms with Gasteiger partial charge in [0.25, 0.3) is 0 Å². The fourth-order valence-corrected chi connectivity index (χ4v) is 2.70. The summed E-state index contributed by atoms with van der Waals surface area (Å²) < 4.78 is 12.6. The van der Waals surface area contributed by atoms with Gasteiger partial charge in [0.1, 0.15) is 6.07 Å². The Balaban J connectivity index is 1.81. The van der Waals surface area contributed by atoms with Crippen molar-refractivity contribution in [3.05, 3.63) is 53.9 Å². The Labute approximate surface area is 133 Å². The van der Waals surface area contributed by atoms with Crippen molar-refractivity contribution in [1.29, 1.82) is 5.26 Å². The number of aryl methyl sites for hydroxylation is 1. The average Bonchev–Trinajstić information content (AvgIpc) is 3.17. The van der Waals surface area contributed by atoms with Crippen molar-refractivity contribution in [2.24, 2.45) is 7.05 Å². The molecule has 0 saturated heterocycles. The average molecular weight is 303 g/mol. The minimum atomic E-state index is 0.234. The van der Waals surface area contributed by atoms with Crippen LogP contribution in [0.25, 0.3) is 22.7 Å². The first kappa shape index (κ1) is 13.4. The van der Waals surface area contributed by atoms with Gasteiger partial charge in [-0.3, -0.25) is 0 Å². The molecule has 0 spiro atoms. The van der Waals surface area contributed by atoms with Crippen LogP contribution in [0.5, 0.6) is 11.5 Å². The molecule has 1 aromatic heterocycles. The number of aromatic nitrogens is 2. The number of ether oxygens (including phenoxy) is 2. The van der Waals surface area contributed by atoms with Gasteiger partial charge in [-0.2, -0.15) is 5.26 Å². The minimum Gasteiger partial charge on any atom is -0.454 e. The Morgan fingerprint density at radius 1 is 1.22 bits per heavy atom. The highest BCUT2D eigenvalue weighted by molar-refractivity contribution is 5.91. The third-order valence-corrected chi connectivity index (χ3v) is 3.86. The second kappa shape index (κ2) is 5.18. The molecule has 4 rings (SSSR count). The maximum Gasteiger partial charge on any atom is 0.231 e. The standard InChI is InChI=1S/C18H13N3O2/c1-21-15-5-3-2-4-14(15)20-18(21)13(10-19)8-12-6-7-16-17(9-12)23-11-22-16/h2-9H,11H2,1H3/b13-8+. The summed E-state index contributed by atoms with van der Waals surface area (Å²) >= 11 is 0. The summed E-state index contributed by atoms with van der Waals surface area (Å²) in [6.07, 6.45) is 1.81. The van der Waals surface area contributed by atoms with E-state index in [1.54, 1.807) is 0 Å². The van der Waals surface area contributed by atoms with E-state index in [2.05, 4.69) is 11.1 Å². The van der Waals surface area contributed by atoms with Gasteiger partial charge in [-0.15, -0.1) is 0 Å². The van der Waals surface area contributed by atoms with E-state index in [4.69, 9.17) is 9.47 Å². The first-order chi connectivity index (χ1) is 11.3. The zero-order valence-electron chi connectivity index (χ0n) is 12.5. The van der Waals surface area contributed by atoms with Crippen LogP contribution in [0.1, 0.15) is 11.4 Å². The lowest BCUT2D eigenvalue weighted by molar-refractivity contribution is 0.174. The predicted octanol–water partition coefficient (Wildman–Crippen LogP) is 3.37. The maximum absolute atomic E-state index is 9.56. The summed E-state index contributed by atoms with van der Waals surface area (Å²) in [6, 6.07) is 15.7. The molecule has 112 valence electrons. The van der Waals surface area contributed by atoms with Crippen LogP contribution >= 0.6 is 0 Å². The first-order valence-electron chi connectivity index (χ1n) is 7.19. The Bertz CT molecular complexity index is 980. The van der Waals surface area contributed by atoms with Crippen LogP contribution in [0.2, 0.25) is 0 Å². The second-order valence-electron chi connectivity index (χ2n) is 5.27. The van der Waals surface area contributed by atoms with Gasteiger partial charge >= 0.3 is 0 Å². The fraction of sp³-hybridized carbons (Fsp3) is 0.111. The molecule has 3 aromatic rings. The monoisotopic (exact) mass is 303 g/mol. The molecule has 0 fully saturated rings. The summed E-state index contributed by atoms with van der Waals surface area (Å²) in [5.41, 5.74) is 3.24. The molecule has 0 aliphatic carbocycles. The molecule has 0 bridgehead atoms. The van der Waals surface area contributed by atoms with E-state index >= 15 is 0 Å². The summed E-state index contributed by atoms with van der Waals surface area (Å²) in [5, 5.41) is 9.56. The van der Waals surface area contributed by atoms with Crippen molar-refractivity contribution in [2.45, 2.75) is 0 Å². The van der Waals surface area contributed by atoms with Crippen LogP contribution in [0.4, 0.5) is 0 Å². The van der Waals surface area contributed by atoms with Gasteiger partial charge in [-0.05, 0) is 35.9 Å². The van der Waals surface area contributed by atoms with Crippen LogP contribution in [0.3, 0.4) is 0 Å². The number of allylic oxidation sites excluding steroid dienone is 1. The molecular weight excluding hydrogens is 290 g/mol. The zero-order chi connectivity index (χ0) is 15.8. The van der Waals surface area contributed by atoms with E-state index in [1.807, 2.05) is 60.2 Å². The first-order valence-corrected chi connectivity index (χ1v) is 7.19. The topological polar surface area (TPSA) is 60.1 Å². The van der Waals surface area contributed by atoms with E-state index < -0.39 is 0 Å². The van der Waals surface area contributed by atoms with Crippen LogP contribution < -0.4 is 9.47 Å². The van der Waals surface area contributed by atoms with Crippen molar-refractivity contribution in [3.63, 3.8) is 0 Å². The number of nitriles is 1. The summed E-state index contributed by atoms with van der Waals surface area (Å²) in [6.45, 7) is 0.234. The number of rotatable bonds is 2. The van der Waals surface area contributed by atoms with E-state index in [-0.39, 0.29) is 6.79 Å². The third-order valence-electron chi connectivity index (χ3n) is 3.86. The molecule has 5 heteroatoms. The lowest BCUT2D eigenvalue weighted by Gasteiger charge is -2.02. The van der Waals surface area contributed by atoms with E-state index in [0.29, 0.717) is 17.1 Å². The van der Waals surface area contributed by atoms with Crippen LogP contribution in [-0.4, -0.2) is 16.3 Å². The summed E-state index contributed by atoms with van der Waals surface area (Å²) in [4.78, 5) is 4.57. The van der Waals surface area contributed by atoms with Gasteiger partial charge in [0.15, 0.2) is 17.3 Å². The lowest BCUT2D eigenvalue weighted by atomic mass is 10.1. The van der Waals surface area contributed by atoms with E-state index in [0.717, 1.165) is 22.3 Å². The van der Waals surface area contributed by atoms with Crippen molar-refractivity contribution in [2.75, 3.05) is 6.79 Å². The molecule has 0 unspecified atom stereocenters.